The molecule has 0 aliphatic heterocycles. The molecule has 4 rings (SSSR count). The summed E-state index contributed by atoms with van der Waals surface area (Å²) in [6.45, 7) is 1.90. The molecule has 0 fully saturated rings. The van der Waals surface area contributed by atoms with E-state index in [0.717, 1.165) is 27.9 Å². The van der Waals surface area contributed by atoms with E-state index in [1.54, 1.807) is 36.1 Å². The van der Waals surface area contributed by atoms with Crippen LogP contribution in [0, 0.1) is 5.82 Å². The smallest absolute Gasteiger partial charge is 0.261 e. The summed E-state index contributed by atoms with van der Waals surface area (Å²) in [6.07, 6.45) is 4.65. The van der Waals surface area contributed by atoms with Crippen LogP contribution < -0.4 is 10.1 Å². The van der Waals surface area contributed by atoms with E-state index < -0.39 is 11.9 Å². The molecule has 2 aromatic heterocycles. The van der Waals surface area contributed by atoms with Crippen LogP contribution in [0.5, 0.6) is 5.75 Å². The molecule has 162 valence electrons. The molecule has 2 heterocycles. The number of pyridine rings is 1. The maximum atomic E-state index is 13.8. The highest BCUT2D eigenvalue weighted by Gasteiger charge is 2.17. The first-order chi connectivity index (χ1) is 15.5. The van der Waals surface area contributed by atoms with Gasteiger partial charge in [0.05, 0.1) is 0 Å². The zero-order chi connectivity index (χ0) is 22.5. The number of aryl methyl sites for hydroxylation is 1. The van der Waals surface area contributed by atoms with E-state index in [-0.39, 0.29) is 11.7 Å². The molecule has 0 aliphatic carbocycles. The molecule has 7 heteroatoms. The number of hydrogen-bond acceptors (Lipinski definition) is 4. The lowest BCUT2D eigenvalue weighted by molar-refractivity contribution is -0.127. The number of ether oxygens (including phenoxy) is 1. The molecule has 0 spiro atoms. The Morgan fingerprint density at radius 2 is 1.88 bits per heavy atom. The highest BCUT2D eigenvalue weighted by atomic mass is 19.1. The summed E-state index contributed by atoms with van der Waals surface area (Å²) >= 11 is 0. The average Bonchev–Trinajstić information content (AvgIpc) is 3.21. The number of aromatic nitrogens is 3. The van der Waals surface area contributed by atoms with Crippen molar-refractivity contribution in [2.75, 3.05) is 0 Å². The van der Waals surface area contributed by atoms with E-state index in [4.69, 9.17) is 4.74 Å². The lowest BCUT2D eigenvalue weighted by Gasteiger charge is -2.15. The van der Waals surface area contributed by atoms with E-state index in [2.05, 4.69) is 15.4 Å². The van der Waals surface area contributed by atoms with Crippen LogP contribution in [0.15, 0.2) is 79.3 Å². The molecule has 4 aromatic rings. The summed E-state index contributed by atoms with van der Waals surface area (Å²) in [7, 11) is 1.88. The second kappa shape index (κ2) is 9.43. The minimum atomic E-state index is -0.829. The van der Waals surface area contributed by atoms with Gasteiger partial charge in [0.15, 0.2) is 17.7 Å². The van der Waals surface area contributed by atoms with E-state index in [0.29, 0.717) is 6.54 Å². The molecule has 2 aromatic carbocycles. The van der Waals surface area contributed by atoms with E-state index in [1.165, 1.54) is 12.1 Å². The maximum Gasteiger partial charge on any atom is 0.261 e. The Morgan fingerprint density at radius 1 is 1.09 bits per heavy atom. The number of rotatable bonds is 7. The standard InChI is InChI=1S/C25H23FN4O2/c1-17(32-23-9-4-3-8-22(23)26)25(31)28-15-18-6-5-7-20(14-18)24-21(16-30(2)29-24)19-10-12-27-13-11-19/h3-14,16-17H,15H2,1-2H3,(H,28,31)/t17-/m0/s1. The van der Waals surface area contributed by atoms with Crippen LogP contribution in [0.3, 0.4) is 0 Å². The normalized spacial score (nSPS) is 11.7. The summed E-state index contributed by atoms with van der Waals surface area (Å²) in [5, 5.41) is 7.48. The number of benzene rings is 2. The zero-order valence-electron chi connectivity index (χ0n) is 17.8. The van der Waals surface area contributed by atoms with Crippen molar-refractivity contribution in [3.63, 3.8) is 0 Å². The molecule has 32 heavy (non-hydrogen) atoms. The predicted molar refractivity (Wildman–Crippen MR) is 120 cm³/mol. The van der Waals surface area contributed by atoms with Gasteiger partial charge in [0.25, 0.3) is 5.91 Å². The zero-order valence-corrected chi connectivity index (χ0v) is 17.8. The molecule has 1 amide bonds. The fourth-order valence-corrected chi connectivity index (χ4v) is 3.39. The molecule has 1 N–H and O–H groups in total. The van der Waals surface area contributed by atoms with E-state index in [9.17, 15) is 9.18 Å². The minimum absolute atomic E-state index is 0.0518. The number of hydrogen-bond donors (Lipinski definition) is 1. The molecular formula is C25H23FN4O2. The van der Waals surface area contributed by atoms with Crippen LogP contribution in [-0.4, -0.2) is 26.8 Å². The van der Waals surface area contributed by atoms with Crippen LogP contribution in [0.25, 0.3) is 22.4 Å². The number of carbonyl (C=O) groups is 1. The summed E-state index contributed by atoms with van der Waals surface area (Å²) in [4.78, 5) is 16.5. The Labute approximate surface area is 185 Å². The number of amides is 1. The molecular weight excluding hydrogens is 407 g/mol. The van der Waals surface area contributed by atoms with Crippen molar-refractivity contribution in [1.29, 1.82) is 0 Å². The van der Waals surface area contributed by atoms with Gasteiger partial charge >= 0.3 is 0 Å². The van der Waals surface area contributed by atoms with Crippen LogP contribution in [-0.2, 0) is 18.4 Å². The van der Waals surface area contributed by atoms with Gasteiger partial charge in [-0.15, -0.1) is 0 Å². The first-order valence-electron chi connectivity index (χ1n) is 10.2. The highest BCUT2D eigenvalue weighted by molar-refractivity contribution is 5.81. The first kappa shape index (κ1) is 21.2. The number of carbonyl (C=O) groups excluding carboxylic acids is 1. The molecule has 6 nitrogen and oxygen atoms in total. The maximum absolute atomic E-state index is 13.8. The third kappa shape index (κ3) is 4.83. The topological polar surface area (TPSA) is 69.0 Å². The molecule has 1 atom stereocenters. The van der Waals surface area contributed by atoms with Gasteiger partial charge in [-0.05, 0) is 48.4 Å². The fourth-order valence-electron chi connectivity index (χ4n) is 3.39. The van der Waals surface area contributed by atoms with E-state index >= 15 is 0 Å². The summed E-state index contributed by atoms with van der Waals surface area (Å²) < 4.78 is 21.0. The highest BCUT2D eigenvalue weighted by Crippen LogP contribution is 2.30. The van der Waals surface area contributed by atoms with Gasteiger partial charge in [0.1, 0.15) is 5.69 Å². The van der Waals surface area contributed by atoms with Gasteiger partial charge in [-0.3, -0.25) is 14.5 Å². The van der Waals surface area contributed by atoms with Gasteiger partial charge in [-0.1, -0.05) is 30.3 Å². The van der Waals surface area contributed by atoms with Crippen molar-refractivity contribution in [3.8, 4) is 28.1 Å². The Morgan fingerprint density at radius 3 is 2.66 bits per heavy atom. The Kier molecular flexibility index (Phi) is 6.26. The van der Waals surface area contributed by atoms with Crippen LogP contribution >= 0.6 is 0 Å². The van der Waals surface area contributed by atoms with Gasteiger partial charge in [-0.25, -0.2) is 4.39 Å². The van der Waals surface area contributed by atoms with Crippen molar-refractivity contribution in [2.24, 2.45) is 7.05 Å². The second-order valence-corrected chi connectivity index (χ2v) is 7.41. The van der Waals surface area contributed by atoms with Crippen LogP contribution in [0.1, 0.15) is 12.5 Å². The monoisotopic (exact) mass is 430 g/mol. The molecule has 0 aliphatic rings. The van der Waals surface area contributed by atoms with Crippen molar-refractivity contribution >= 4 is 5.91 Å². The third-order valence-electron chi connectivity index (χ3n) is 5.00. The molecule has 0 radical (unpaired) electrons. The van der Waals surface area contributed by atoms with Crippen molar-refractivity contribution in [2.45, 2.75) is 19.6 Å². The van der Waals surface area contributed by atoms with Crippen LogP contribution in [0.2, 0.25) is 0 Å². The Balaban J connectivity index is 1.46. The van der Waals surface area contributed by atoms with Gasteiger partial charge in [0, 0.05) is 43.3 Å². The fraction of sp³-hybridized carbons (Fsp3) is 0.160. The largest absolute Gasteiger partial charge is 0.478 e. The SMILES string of the molecule is C[C@H](Oc1ccccc1F)C(=O)NCc1cccc(-c2nn(C)cc2-c2ccncc2)c1. The van der Waals surface area contributed by atoms with Crippen molar-refractivity contribution < 1.29 is 13.9 Å². The summed E-state index contributed by atoms with van der Waals surface area (Å²) in [5.74, 6) is -0.773. The van der Waals surface area contributed by atoms with Gasteiger partial charge < -0.3 is 10.1 Å². The lowest BCUT2D eigenvalue weighted by Crippen LogP contribution is -2.36. The number of nitrogens with zero attached hydrogens (tertiary/aromatic N) is 3. The van der Waals surface area contributed by atoms with Crippen LogP contribution in [0.4, 0.5) is 4.39 Å². The second-order valence-electron chi connectivity index (χ2n) is 7.41. The third-order valence-corrected chi connectivity index (χ3v) is 5.00. The summed E-state index contributed by atoms with van der Waals surface area (Å²) in [5.41, 5.74) is 4.74. The molecule has 0 saturated carbocycles. The molecule has 0 bridgehead atoms. The molecule has 0 unspecified atom stereocenters. The van der Waals surface area contributed by atoms with Crippen molar-refractivity contribution in [1.82, 2.24) is 20.1 Å². The molecule has 0 saturated heterocycles. The number of halogens is 1. The minimum Gasteiger partial charge on any atom is -0.478 e. The van der Waals surface area contributed by atoms with Crippen molar-refractivity contribution in [3.05, 3.63) is 90.6 Å². The number of para-hydroxylation sites is 1. The van der Waals surface area contributed by atoms with E-state index in [1.807, 2.05) is 49.6 Å². The van der Waals surface area contributed by atoms with Gasteiger partial charge in [-0.2, -0.15) is 5.10 Å². The predicted octanol–water partition coefficient (Wildman–Crippen LogP) is 4.37. The number of nitrogens with one attached hydrogen (secondary N) is 1. The lowest BCUT2D eigenvalue weighted by atomic mass is 10.0. The average molecular weight is 430 g/mol. The Hall–Kier alpha value is -4.00. The Bertz CT molecular complexity index is 1220. The summed E-state index contributed by atoms with van der Waals surface area (Å²) in [6, 6.07) is 17.8. The first-order valence-corrected chi connectivity index (χ1v) is 10.2. The quantitative estimate of drug-likeness (QED) is 0.473. The van der Waals surface area contributed by atoms with Gasteiger partial charge in [0.2, 0.25) is 0 Å².